The first-order chi connectivity index (χ1) is 11.3. The molecule has 1 amide bonds. The third kappa shape index (κ3) is 3.40. The number of carbonyl (C=O) groups excluding carboxylic acids is 1. The van der Waals surface area contributed by atoms with Gasteiger partial charge >= 0.3 is 0 Å². The molecule has 0 unspecified atom stereocenters. The van der Waals surface area contributed by atoms with E-state index < -0.39 is 0 Å². The van der Waals surface area contributed by atoms with Crippen LogP contribution in [-0.4, -0.2) is 13.0 Å². The van der Waals surface area contributed by atoms with Crippen LogP contribution < -0.4 is 10.1 Å². The van der Waals surface area contributed by atoms with E-state index in [1.807, 2.05) is 66.7 Å². The minimum atomic E-state index is -0.119. The van der Waals surface area contributed by atoms with E-state index in [0.717, 1.165) is 22.6 Å². The first kappa shape index (κ1) is 14.9. The number of hydrogen-bond acceptors (Lipinski definition) is 2. The number of carbonyl (C=O) groups is 1. The third-order valence-corrected chi connectivity index (χ3v) is 3.61. The summed E-state index contributed by atoms with van der Waals surface area (Å²) in [6.07, 6.45) is 0. The van der Waals surface area contributed by atoms with Gasteiger partial charge in [0.2, 0.25) is 0 Å². The number of benzene rings is 3. The number of nitrogens with one attached hydrogen (secondary N) is 1. The Morgan fingerprint density at radius 3 is 2.17 bits per heavy atom. The first-order valence-electron chi connectivity index (χ1n) is 7.38. The molecule has 23 heavy (non-hydrogen) atoms. The highest BCUT2D eigenvalue weighted by Crippen LogP contribution is 2.29. The summed E-state index contributed by atoms with van der Waals surface area (Å²) in [5.41, 5.74) is 3.41. The van der Waals surface area contributed by atoms with Crippen molar-refractivity contribution in [2.24, 2.45) is 0 Å². The van der Waals surface area contributed by atoms with E-state index >= 15 is 0 Å². The molecule has 0 aromatic heterocycles. The van der Waals surface area contributed by atoms with Crippen LogP contribution in [0.15, 0.2) is 78.9 Å². The number of methoxy groups -OCH3 is 1. The normalized spacial score (nSPS) is 10.1. The van der Waals surface area contributed by atoms with Crippen molar-refractivity contribution in [3.8, 4) is 16.9 Å². The standard InChI is InChI=1S/C20H17NO2/c1-23-17-13-11-15(12-14-17)18-9-5-6-10-19(18)21-20(22)16-7-3-2-4-8-16/h2-14H,1H3,(H,21,22). The number of hydrogen-bond donors (Lipinski definition) is 1. The van der Waals surface area contributed by atoms with Crippen LogP contribution in [0.4, 0.5) is 5.69 Å². The molecular formula is C20H17NO2. The molecule has 0 fully saturated rings. The van der Waals surface area contributed by atoms with Crippen molar-refractivity contribution in [2.45, 2.75) is 0 Å². The molecule has 0 aliphatic rings. The lowest BCUT2D eigenvalue weighted by Gasteiger charge is -2.12. The summed E-state index contributed by atoms with van der Waals surface area (Å²) in [7, 11) is 1.64. The molecule has 0 spiro atoms. The summed E-state index contributed by atoms with van der Waals surface area (Å²) in [5.74, 6) is 0.686. The van der Waals surface area contributed by atoms with E-state index in [4.69, 9.17) is 4.74 Å². The molecule has 3 rings (SSSR count). The average Bonchev–Trinajstić information content (AvgIpc) is 2.63. The second kappa shape index (κ2) is 6.79. The van der Waals surface area contributed by atoms with E-state index in [9.17, 15) is 4.79 Å². The van der Waals surface area contributed by atoms with Crippen molar-refractivity contribution in [3.05, 3.63) is 84.4 Å². The molecule has 3 aromatic rings. The number of anilines is 1. The Morgan fingerprint density at radius 2 is 1.48 bits per heavy atom. The van der Waals surface area contributed by atoms with Crippen molar-refractivity contribution >= 4 is 11.6 Å². The molecule has 0 saturated carbocycles. The van der Waals surface area contributed by atoms with Gasteiger partial charge in [-0.1, -0.05) is 48.5 Å². The second-order valence-electron chi connectivity index (χ2n) is 5.09. The van der Waals surface area contributed by atoms with E-state index in [1.165, 1.54) is 0 Å². The van der Waals surface area contributed by atoms with Gasteiger partial charge < -0.3 is 10.1 Å². The van der Waals surface area contributed by atoms with E-state index in [2.05, 4.69) is 5.32 Å². The Bertz CT molecular complexity index is 795. The molecule has 0 aliphatic heterocycles. The Morgan fingerprint density at radius 1 is 0.826 bits per heavy atom. The Hall–Kier alpha value is -3.07. The van der Waals surface area contributed by atoms with Gasteiger partial charge in [-0.15, -0.1) is 0 Å². The van der Waals surface area contributed by atoms with Crippen LogP contribution in [0.2, 0.25) is 0 Å². The van der Waals surface area contributed by atoms with Gasteiger partial charge in [0.05, 0.1) is 7.11 Å². The molecule has 0 radical (unpaired) electrons. The molecule has 0 heterocycles. The van der Waals surface area contributed by atoms with Crippen LogP contribution in [0.5, 0.6) is 5.75 Å². The van der Waals surface area contributed by atoms with Gasteiger partial charge in [-0.3, -0.25) is 4.79 Å². The highest BCUT2D eigenvalue weighted by atomic mass is 16.5. The fourth-order valence-electron chi connectivity index (χ4n) is 2.40. The third-order valence-electron chi connectivity index (χ3n) is 3.61. The fourth-order valence-corrected chi connectivity index (χ4v) is 2.40. The molecule has 114 valence electrons. The minimum absolute atomic E-state index is 0.119. The van der Waals surface area contributed by atoms with E-state index in [-0.39, 0.29) is 5.91 Å². The zero-order valence-corrected chi connectivity index (χ0v) is 12.8. The number of amides is 1. The van der Waals surface area contributed by atoms with Gasteiger partial charge in [0.15, 0.2) is 0 Å². The minimum Gasteiger partial charge on any atom is -0.497 e. The maximum Gasteiger partial charge on any atom is 0.255 e. The zero-order valence-electron chi connectivity index (χ0n) is 12.8. The largest absolute Gasteiger partial charge is 0.497 e. The van der Waals surface area contributed by atoms with E-state index in [0.29, 0.717) is 5.56 Å². The second-order valence-corrected chi connectivity index (χ2v) is 5.09. The molecule has 1 N–H and O–H groups in total. The summed E-state index contributed by atoms with van der Waals surface area (Å²) >= 11 is 0. The topological polar surface area (TPSA) is 38.3 Å². The highest BCUT2D eigenvalue weighted by Gasteiger charge is 2.09. The lowest BCUT2D eigenvalue weighted by atomic mass is 10.0. The predicted molar refractivity (Wildman–Crippen MR) is 92.8 cm³/mol. The van der Waals surface area contributed by atoms with E-state index in [1.54, 1.807) is 19.2 Å². The molecule has 0 aliphatic carbocycles. The van der Waals surface area contributed by atoms with Crippen LogP contribution in [0.25, 0.3) is 11.1 Å². The van der Waals surface area contributed by atoms with Gasteiger partial charge in [-0.2, -0.15) is 0 Å². The van der Waals surface area contributed by atoms with Crippen LogP contribution in [0.1, 0.15) is 10.4 Å². The van der Waals surface area contributed by atoms with Gasteiger partial charge in [-0.25, -0.2) is 0 Å². The summed E-state index contributed by atoms with van der Waals surface area (Å²) in [6, 6.07) is 24.7. The number of ether oxygens (including phenoxy) is 1. The Balaban J connectivity index is 1.90. The van der Waals surface area contributed by atoms with Crippen molar-refractivity contribution in [1.82, 2.24) is 0 Å². The number of para-hydroxylation sites is 1. The maximum absolute atomic E-state index is 12.4. The molecule has 3 nitrogen and oxygen atoms in total. The first-order valence-corrected chi connectivity index (χ1v) is 7.38. The lowest BCUT2D eigenvalue weighted by molar-refractivity contribution is 0.102. The fraction of sp³-hybridized carbons (Fsp3) is 0.0500. The Labute approximate surface area is 135 Å². The molecule has 0 bridgehead atoms. The number of rotatable bonds is 4. The Kier molecular flexibility index (Phi) is 4.39. The van der Waals surface area contributed by atoms with Crippen LogP contribution in [0.3, 0.4) is 0 Å². The monoisotopic (exact) mass is 303 g/mol. The summed E-state index contributed by atoms with van der Waals surface area (Å²) in [6.45, 7) is 0. The van der Waals surface area contributed by atoms with Crippen molar-refractivity contribution in [1.29, 1.82) is 0 Å². The maximum atomic E-state index is 12.4. The smallest absolute Gasteiger partial charge is 0.255 e. The SMILES string of the molecule is COc1ccc(-c2ccccc2NC(=O)c2ccccc2)cc1. The van der Waals surface area contributed by atoms with Crippen molar-refractivity contribution < 1.29 is 9.53 Å². The molecule has 0 saturated heterocycles. The van der Waals surface area contributed by atoms with Gasteiger partial charge in [0.25, 0.3) is 5.91 Å². The summed E-state index contributed by atoms with van der Waals surface area (Å²) < 4.78 is 5.19. The summed E-state index contributed by atoms with van der Waals surface area (Å²) in [5, 5.41) is 2.98. The molecular weight excluding hydrogens is 286 g/mol. The average molecular weight is 303 g/mol. The van der Waals surface area contributed by atoms with Crippen LogP contribution in [-0.2, 0) is 0 Å². The molecule has 3 aromatic carbocycles. The highest BCUT2D eigenvalue weighted by molar-refractivity contribution is 6.06. The van der Waals surface area contributed by atoms with Gasteiger partial charge in [0.1, 0.15) is 5.75 Å². The molecule has 0 atom stereocenters. The van der Waals surface area contributed by atoms with Crippen LogP contribution in [0, 0.1) is 0 Å². The quantitative estimate of drug-likeness (QED) is 0.764. The van der Waals surface area contributed by atoms with Crippen LogP contribution >= 0.6 is 0 Å². The van der Waals surface area contributed by atoms with Crippen molar-refractivity contribution in [2.75, 3.05) is 12.4 Å². The van der Waals surface area contributed by atoms with Gasteiger partial charge in [0, 0.05) is 16.8 Å². The lowest BCUT2D eigenvalue weighted by Crippen LogP contribution is -2.12. The predicted octanol–water partition coefficient (Wildman–Crippen LogP) is 4.61. The molecule has 3 heteroatoms. The van der Waals surface area contributed by atoms with Crippen molar-refractivity contribution in [3.63, 3.8) is 0 Å². The van der Waals surface area contributed by atoms with Gasteiger partial charge in [-0.05, 0) is 35.9 Å². The summed E-state index contributed by atoms with van der Waals surface area (Å²) in [4.78, 5) is 12.4. The zero-order chi connectivity index (χ0) is 16.1.